The van der Waals surface area contributed by atoms with Gasteiger partial charge in [0, 0.05) is 22.3 Å². The number of hydrogen-bond donors (Lipinski definition) is 3. The van der Waals surface area contributed by atoms with Crippen molar-refractivity contribution in [3.05, 3.63) is 28.2 Å². The molecule has 116 valence electrons. The molecule has 0 bridgehead atoms. The van der Waals surface area contributed by atoms with E-state index >= 15 is 0 Å². The van der Waals surface area contributed by atoms with Gasteiger partial charge in [0.05, 0.1) is 5.60 Å². The SMILES string of the molecule is CC1(C)CCC(O)(CNC(=O)c2cc(N)cc(Br)c2)CC1. The first-order valence-electron chi connectivity index (χ1n) is 7.26. The normalized spacial score (nSPS) is 20.0. The van der Waals surface area contributed by atoms with E-state index in [9.17, 15) is 9.90 Å². The summed E-state index contributed by atoms with van der Waals surface area (Å²) in [5.41, 5.74) is 6.27. The summed E-state index contributed by atoms with van der Waals surface area (Å²) < 4.78 is 0.769. The van der Waals surface area contributed by atoms with Gasteiger partial charge in [-0.15, -0.1) is 0 Å². The number of carbonyl (C=O) groups is 1. The van der Waals surface area contributed by atoms with Gasteiger partial charge in [0.25, 0.3) is 5.91 Å². The van der Waals surface area contributed by atoms with Crippen LogP contribution in [-0.2, 0) is 0 Å². The lowest BCUT2D eigenvalue weighted by Crippen LogP contribution is -2.46. The Bertz CT molecular complexity index is 513. The van der Waals surface area contributed by atoms with E-state index in [4.69, 9.17) is 5.73 Å². The zero-order valence-corrected chi connectivity index (χ0v) is 14.2. The predicted octanol–water partition coefficient (Wildman–Crippen LogP) is 3.09. The van der Waals surface area contributed by atoms with Crippen LogP contribution in [0.2, 0.25) is 0 Å². The first-order chi connectivity index (χ1) is 9.69. The van der Waals surface area contributed by atoms with Gasteiger partial charge in [-0.25, -0.2) is 0 Å². The van der Waals surface area contributed by atoms with E-state index in [2.05, 4.69) is 35.1 Å². The smallest absolute Gasteiger partial charge is 0.251 e. The number of benzene rings is 1. The van der Waals surface area contributed by atoms with Gasteiger partial charge in [-0.05, 0) is 49.3 Å². The van der Waals surface area contributed by atoms with E-state index in [0.717, 1.165) is 30.2 Å². The molecule has 1 fully saturated rings. The molecule has 0 unspecified atom stereocenters. The van der Waals surface area contributed by atoms with Crippen LogP contribution in [-0.4, -0.2) is 23.2 Å². The van der Waals surface area contributed by atoms with Crippen molar-refractivity contribution in [3.8, 4) is 0 Å². The highest BCUT2D eigenvalue weighted by atomic mass is 79.9. The molecule has 1 saturated carbocycles. The highest BCUT2D eigenvalue weighted by Gasteiger charge is 2.36. The maximum Gasteiger partial charge on any atom is 0.251 e. The molecule has 0 spiro atoms. The zero-order valence-electron chi connectivity index (χ0n) is 12.6. The molecule has 0 aromatic heterocycles. The third kappa shape index (κ3) is 4.45. The van der Waals surface area contributed by atoms with Gasteiger partial charge in [-0.2, -0.15) is 0 Å². The van der Waals surface area contributed by atoms with Gasteiger partial charge < -0.3 is 16.2 Å². The van der Waals surface area contributed by atoms with Crippen LogP contribution in [0.1, 0.15) is 49.9 Å². The molecule has 0 saturated heterocycles. The maximum absolute atomic E-state index is 12.2. The molecular formula is C16H23BrN2O2. The number of carbonyl (C=O) groups excluding carboxylic acids is 1. The van der Waals surface area contributed by atoms with E-state index in [1.54, 1.807) is 18.2 Å². The van der Waals surface area contributed by atoms with E-state index in [1.807, 2.05) is 0 Å². The van der Waals surface area contributed by atoms with Crippen molar-refractivity contribution in [3.63, 3.8) is 0 Å². The Kier molecular flexibility index (Phi) is 4.63. The number of nitrogens with one attached hydrogen (secondary N) is 1. The molecule has 0 aliphatic heterocycles. The first kappa shape index (κ1) is 16.3. The Morgan fingerprint density at radius 3 is 2.48 bits per heavy atom. The van der Waals surface area contributed by atoms with Gasteiger partial charge >= 0.3 is 0 Å². The summed E-state index contributed by atoms with van der Waals surface area (Å²) in [6.07, 6.45) is 3.40. The highest BCUT2D eigenvalue weighted by molar-refractivity contribution is 9.10. The summed E-state index contributed by atoms with van der Waals surface area (Å²) in [4.78, 5) is 12.2. The first-order valence-corrected chi connectivity index (χ1v) is 8.05. The van der Waals surface area contributed by atoms with Gasteiger partial charge in [-0.1, -0.05) is 29.8 Å². The van der Waals surface area contributed by atoms with Gasteiger partial charge in [0.2, 0.25) is 0 Å². The van der Waals surface area contributed by atoms with Crippen LogP contribution >= 0.6 is 15.9 Å². The number of anilines is 1. The fourth-order valence-electron chi connectivity index (χ4n) is 2.66. The molecule has 1 aliphatic carbocycles. The predicted molar refractivity (Wildman–Crippen MR) is 88.1 cm³/mol. The summed E-state index contributed by atoms with van der Waals surface area (Å²) in [6.45, 7) is 4.72. The van der Waals surface area contributed by atoms with Gasteiger partial charge in [-0.3, -0.25) is 4.79 Å². The molecule has 2 rings (SSSR count). The second-order valence-corrected chi connectivity index (χ2v) is 7.76. The third-order valence-corrected chi connectivity index (χ3v) is 4.75. The number of aliphatic hydroxyl groups is 1. The number of hydrogen-bond acceptors (Lipinski definition) is 3. The summed E-state index contributed by atoms with van der Waals surface area (Å²) in [6, 6.07) is 5.10. The van der Waals surface area contributed by atoms with E-state index in [-0.39, 0.29) is 17.9 Å². The molecular weight excluding hydrogens is 332 g/mol. The number of amides is 1. The monoisotopic (exact) mass is 354 g/mol. The topological polar surface area (TPSA) is 75.3 Å². The molecule has 5 heteroatoms. The lowest BCUT2D eigenvalue weighted by molar-refractivity contribution is -0.0233. The van der Waals surface area contributed by atoms with Crippen molar-refractivity contribution in [2.75, 3.05) is 12.3 Å². The zero-order chi connectivity index (χ0) is 15.7. The maximum atomic E-state index is 12.2. The minimum Gasteiger partial charge on any atom is -0.399 e. The fourth-order valence-corrected chi connectivity index (χ4v) is 3.17. The molecule has 1 aliphatic rings. The van der Waals surface area contributed by atoms with Crippen molar-refractivity contribution in [2.45, 2.75) is 45.1 Å². The van der Waals surface area contributed by atoms with Crippen LogP contribution in [0.15, 0.2) is 22.7 Å². The van der Waals surface area contributed by atoms with Crippen LogP contribution in [0.5, 0.6) is 0 Å². The summed E-state index contributed by atoms with van der Waals surface area (Å²) in [5, 5.41) is 13.4. The Balaban J connectivity index is 1.95. The van der Waals surface area contributed by atoms with Crippen molar-refractivity contribution in [1.82, 2.24) is 5.32 Å². The number of rotatable bonds is 3. The average molecular weight is 355 g/mol. The Morgan fingerprint density at radius 2 is 1.90 bits per heavy atom. The lowest BCUT2D eigenvalue weighted by atomic mass is 9.71. The number of nitrogens with two attached hydrogens (primary N) is 1. The molecule has 0 atom stereocenters. The van der Waals surface area contributed by atoms with E-state index < -0.39 is 5.60 Å². The Hall–Kier alpha value is -1.07. The Morgan fingerprint density at radius 1 is 1.29 bits per heavy atom. The van der Waals surface area contributed by atoms with Crippen molar-refractivity contribution in [2.24, 2.45) is 5.41 Å². The molecule has 0 heterocycles. The molecule has 1 aromatic rings. The second kappa shape index (κ2) is 5.97. The Labute approximate surface area is 134 Å². The van der Waals surface area contributed by atoms with Gasteiger partial charge in [0.1, 0.15) is 0 Å². The number of nitrogen functional groups attached to an aromatic ring is 1. The molecule has 4 nitrogen and oxygen atoms in total. The van der Waals surface area contributed by atoms with Crippen molar-refractivity contribution >= 4 is 27.5 Å². The molecule has 21 heavy (non-hydrogen) atoms. The fraction of sp³-hybridized carbons (Fsp3) is 0.562. The average Bonchev–Trinajstić information content (AvgIpc) is 2.39. The molecule has 1 aromatic carbocycles. The van der Waals surface area contributed by atoms with Crippen LogP contribution in [0.25, 0.3) is 0 Å². The van der Waals surface area contributed by atoms with Crippen LogP contribution < -0.4 is 11.1 Å². The summed E-state index contributed by atoms with van der Waals surface area (Å²) in [5.74, 6) is -0.207. The van der Waals surface area contributed by atoms with Crippen molar-refractivity contribution in [1.29, 1.82) is 0 Å². The largest absolute Gasteiger partial charge is 0.399 e. The minimum absolute atomic E-state index is 0.207. The van der Waals surface area contributed by atoms with Gasteiger partial charge in [0.15, 0.2) is 0 Å². The minimum atomic E-state index is -0.789. The van der Waals surface area contributed by atoms with Crippen LogP contribution in [0.4, 0.5) is 5.69 Å². The molecule has 0 radical (unpaired) electrons. The second-order valence-electron chi connectivity index (χ2n) is 6.84. The highest BCUT2D eigenvalue weighted by Crippen LogP contribution is 2.39. The lowest BCUT2D eigenvalue weighted by Gasteiger charge is -2.40. The van der Waals surface area contributed by atoms with Crippen molar-refractivity contribution < 1.29 is 9.90 Å². The summed E-state index contributed by atoms with van der Waals surface area (Å²) >= 11 is 3.32. The molecule has 1 amide bonds. The number of halogens is 1. The van der Waals surface area contributed by atoms with Crippen LogP contribution in [0, 0.1) is 5.41 Å². The van der Waals surface area contributed by atoms with E-state index in [0.29, 0.717) is 11.3 Å². The summed E-state index contributed by atoms with van der Waals surface area (Å²) in [7, 11) is 0. The quantitative estimate of drug-likeness (QED) is 0.730. The van der Waals surface area contributed by atoms with E-state index in [1.165, 1.54) is 0 Å². The third-order valence-electron chi connectivity index (χ3n) is 4.29. The molecule has 4 N–H and O–H groups in total. The van der Waals surface area contributed by atoms with Crippen LogP contribution in [0.3, 0.4) is 0 Å². The standard InChI is InChI=1S/C16H23BrN2O2/c1-15(2)3-5-16(21,6-4-15)10-19-14(20)11-7-12(17)9-13(18)8-11/h7-9,21H,3-6,10,18H2,1-2H3,(H,19,20).